The van der Waals surface area contributed by atoms with Gasteiger partial charge in [-0.15, -0.1) is 0 Å². The molecule has 2 aromatic rings. The van der Waals surface area contributed by atoms with Gasteiger partial charge in [0.2, 0.25) is 0 Å². The first-order chi connectivity index (χ1) is 9.95. The first kappa shape index (κ1) is 14.3. The standard InChI is InChI=1S/C16H25N5/c1-16(2,3)14-11-13-15(18-8-10-21(13)19-14)20(4)9-7-17-12-5-6-12/h8,10-12,17H,5-7,9H2,1-4H3. The molecule has 0 atom stereocenters. The molecule has 1 aliphatic rings. The minimum Gasteiger partial charge on any atom is -0.357 e. The number of hydrogen-bond donors (Lipinski definition) is 1. The van der Waals surface area contributed by atoms with Crippen molar-refractivity contribution in [3.8, 4) is 0 Å². The summed E-state index contributed by atoms with van der Waals surface area (Å²) >= 11 is 0. The summed E-state index contributed by atoms with van der Waals surface area (Å²) < 4.78 is 1.94. The van der Waals surface area contributed by atoms with E-state index in [0.29, 0.717) is 0 Å². The monoisotopic (exact) mass is 287 g/mol. The van der Waals surface area contributed by atoms with Gasteiger partial charge >= 0.3 is 0 Å². The lowest BCUT2D eigenvalue weighted by molar-refractivity contribution is 0.562. The van der Waals surface area contributed by atoms with Crippen molar-refractivity contribution in [1.82, 2.24) is 19.9 Å². The van der Waals surface area contributed by atoms with E-state index in [1.165, 1.54) is 12.8 Å². The average molecular weight is 287 g/mol. The highest BCUT2D eigenvalue weighted by Gasteiger charge is 2.21. The fourth-order valence-electron chi connectivity index (χ4n) is 2.40. The second-order valence-electron chi connectivity index (χ2n) is 7.01. The molecule has 1 fully saturated rings. The first-order valence-corrected chi connectivity index (χ1v) is 7.74. The van der Waals surface area contributed by atoms with Crippen LogP contribution in [0.2, 0.25) is 0 Å². The van der Waals surface area contributed by atoms with Crippen LogP contribution in [0.25, 0.3) is 5.52 Å². The number of hydrogen-bond acceptors (Lipinski definition) is 4. The highest BCUT2D eigenvalue weighted by atomic mass is 15.3. The zero-order valence-corrected chi connectivity index (χ0v) is 13.4. The van der Waals surface area contributed by atoms with Crippen LogP contribution in [0.4, 0.5) is 5.82 Å². The summed E-state index contributed by atoms with van der Waals surface area (Å²) in [6, 6.07) is 2.91. The lowest BCUT2D eigenvalue weighted by atomic mass is 9.92. The van der Waals surface area contributed by atoms with E-state index >= 15 is 0 Å². The van der Waals surface area contributed by atoms with E-state index in [1.807, 2.05) is 16.9 Å². The molecule has 0 aliphatic heterocycles. The molecule has 1 N–H and O–H groups in total. The molecular formula is C16H25N5. The number of anilines is 1. The molecule has 0 unspecified atom stereocenters. The summed E-state index contributed by atoms with van der Waals surface area (Å²) in [5.41, 5.74) is 2.23. The van der Waals surface area contributed by atoms with Gasteiger partial charge in [-0.05, 0) is 18.9 Å². The van der Waals surface area contributed by atoms with Crippen LogP contribution in [0, 0.1) is 0 Å². The summed E-state index contributed by atoms with van der Waals surface area (Å²) in [7, 11) is 2.10. The van der Waals surface area contributed by atoms with Crippen LogP contribution in [0.15, 0.2) is 18.5 Å². The predicted molar refractivity (Wildman–Crippen MR) is 86.0 cm³/mol. The molecule has 0 aromatic carbocycles. The molecule has 5 heteroatoms. The molecule has 1 aliphatic carbocycles. The van der Waals surface area contributed by atoms with Crippen molar-refractivity contribution in [2.75, 3.05) is 25.0 Å². The van der Waals surface area contributed by atoms with Gasteiger partial charge in [-0.25, -0.2) is 9.50 Å². The molecule has 0 saturated heterocycles. The predicted octanol–water partition coefficient (Wildman–Crippen LogP) is 2.21. The van der Waals surface area contributed by atoms with Crippen LogP contribution in [-0.4, -0.2) is 40.8 Å². The van der Waals surface area contributed by atoms with E-state index in [0.717, 1.165) is 36.2 Å². The van der Waals surface area contributed by atoms with Gasteiger partial charge in [-0.2, -0.15) is 5.10 Å². The van der Waals surface area contributed by atoms with Gasteiger partial charge in [0.15, 0.2) is 5.82 Å². The second-order valence-corrected chi connectivity index (χ2v) is 7.01. The van der Waals surface area contributed by atoms with E-state index in [9.17, 15) is 0 Å². The van der Waals surface area contributed by atoms with Gasteiger partial charge in [0.25, 0.3) is 0 Å². The Hall–Kier alpha value is -1.62. The minimum atomic E-state index is 0.0510. The number of aromatic nitrogens is 3. The molecule has 2 heterocycles. The number of rotatable bonds is 5. The van der Waals surface area contributed by atoms with E-state index in [1.54, 1.807) is 0 Å². The third-order valence-electron chi connectivity index (χ3n) is 3.96. The van der Waals surface area contributed by atoms with E-state index in [-0.39, 0.29) is 5.41 Å². The Kier molecular flexibility index (Phi) is 3.61. The maximum absolute atomic E-state index is 4.68. The van der Waals surface area contributed by atoms with Crippen LogP contribution in [-0.2, 0) is 5.41 Å². The molecular weight excluding hydrogens is 262 g/mol. The van der Waals surface area contributed by atoms with Crippen molar-refractivity contribution in [2.24, 2.45) is 0 Å². The molecule has 5 nitrogen and oxygen atoms in total. The molecule has 0 amide bonds. The van der Waals surface area contributed by atoms with Crippen molar-refractivity contribution in [3.63, 3.8) is 0 Å². The van der Waals surface area contributed by atoms with Gasteiger partial charge in [-0.3, -0.25) is 0 Å². The fraction of sp³-hybridized carbons (Fsp3) is 0.625. The summed E-state index contributed by atoms with van der Waals surface area (Å²) in [6.07, 6.45) is 6.40. The summed E-state index contributed by atoms with van der Waals surface area (Å²) in [6.45, 7) is 8.52. The Morgan fingerprint density at radius 2 is 2.14 bits per heavy atom. The topological polar surface area (TPSA) is 45.5 Å². The van der Waals surface area contributed by atoms with E-state index in [4.69, 9.17) is 0 Å². The zero-order chi connectivity index (χ0) is 15.0. The Balaban J connectivity index is 1.81. The number of fused-ring (bicyclic) bond motifs is 1. The summed E-state index contributed by atoms with van der Waals surface area (Å²) in [5, 5.41) is 8.22. The van der Waals surface area contributed by atoms with Crippen molar-refractivity contribution in [2.45, 2.75) is 45.1 Å². The van der Waals surface area contributed by atoms with Gasteiger partial charge in [-0.1, -0.05) is 20.8 Å². The van der Waals surface area contributed by atoms with Gasteiger partial charge < -0.3 is 10.2 Å². The van der Waals surface area contributed by atoms with Crippen LogP contribution >= 0.6 is 0 Å². The quantitative estimate of drug-likeness (QED) is 0.916. The van der Waals surface area contributed by atoms with Crippen LogP contribution in [0.1, 0.15) is 39.3 Å². The van der Waals surface area contributed by atoms with Crippen molar-refractivity contribution in [1.29, 1.82) is 0 Å². The van der Waals surface area contributed by atoms with Crippen LogP contribution in [0.3, 0.4) is 0 Å². The molecule has 3 rings (SSSR count). The summed E-state index contributed by atoms with van der Waals surface area (Å²) in [4.78, 5) is 6.76. The van der Waals surface area contributed by atoms with Crippen LogP contribution in [0.5, 0.6) is 0 Å². The maximum Gasteiger partial charge on any atom is 0.154 e. The molecule has 114 valence electrons. The highest BCUT2D eigenvalue weighted by molar-refractivity contribution is 5.69. The van der Waals surface area contributed by atoms with Gasteiger partial charge in [0, 0.05) is 44.0 Å². The number of nitrogens with one attached hydrogen (secondary N) is 1. The van der Waals surface area contributed by atoms with Crippen molar-refractivity contribution >= 4 is 11.3 Å². The lowest BCUT2D eigenvalue weighted by Gasteiger charge is -2.19. The third kappa shape index (κ3) is 3.18. The van der Waals surface area contributed by atoms with Gasteiger partial charge in [0.05, 0.1) is 5.69 Å². The second kappa shape index (κ2) is 5.30. The molecule has 21 heavy (non-hydrogen) atoms. The molecule has 1 saturated carbocycles. The SMILES string of the molecule is CN(CCNC1CC1)c1nccn2nc(C(C)(C)C)cc12. The van der Waals surface area contributed by atoms with E-state index in [2.05, 4.69) is 54.2 Å². The largest absolute Gasteiger partial charge is 0.357 e. The lowest BCUT2D eigenvalue weighted by Crippen LogP contribution is -2.30. The third-order valence-corrected chi connectivity index (χ3v) is 3.96. The Morgan fingerprint density at radius 1 is 1.38 bits per heavy atom. The van der Waals surface area contributed by atoms with Gasteiger partial charge in [0.1, 0.15) is 5.52 Å². The van der Waals surface area contributed by atoms with Crippen molar-refractivity contribution in [3.05, 3.63) is 24.2 Å². The van der Waals surface area contributed by atoms with Crippen molar-refractivity contribution < 1.29 is 0 Å². The molecule has 0 spiro atoms. The smallest absolute Gasteiger partial charge is 0.154 e. The normalized spacial score (nSPS) is 15.6. The van der Waals surface area contributed by atoms with Crippen LogP contribution < -0.4 is 10.2 Å². The maximum atomic E-state index is 4.68. The first-order valence-electron chi connectivity index (χ1n) is 7.74. The highest BCUT2D eigenvalue weighted by Crippen LogP contribution is 2.25. The molecule has 2 aromatic heterocycles. The average Bonchev–Trinajstić information content (AvgIpc) is 3.12. The fourth-order valence-corrected chi connectivity index (χ4v) is 2.40. The molecule has 0 radical (unpaired) electrons. The van der Waals surface area contributed by atoms with E-state index < -0.39 is 0 Å². The Morgan fingerprint density at radius 3 is 2.81 bits per heavy atom. The number of nitrogens with zero attached hydrogens (tertiary/aromatic N) is 4. The Bertz CT molecular complexity index is 621. The summed E-state index contributed by atoms with van der Waals surface area (Å²) in [5.74, 6) is 0.998. The molecule has 0 bridgehead atoms. The Labute approximate surface area is 126 Å². The zero-order valence-electron chi connectivity index (χ0n) is 13.4. The minimum absolute atomic E-state index is 0.0510. The number of likely N-dealkylation sites (N-methyl/N-ethyl adjacent to an activating group) is 1.